The molecule has 1 N–H and O–H groups in total. The van der Waals surface area contributed by atoms with Gasteiger partial charge in [-0.15, -0.1) is 10.2 Å². The molecule has 2 aliphatic rings. The highest BCUT2D eigenvalue weighted by Crippen LogP contribution is 2.55. The normalized spacial score (nSPS) is 20.2. The van der Waals surface area contributed by atoms with Gasteiger partial charge in [0.2, 0.25) is 0 Å². The summed E-state index contributed by atoms with van der Waals surface area (Å²) in [6.45, 7) is 1.45. The number of carbonyl (C=O) groups is 2. The zero-order chi connectivity index (χ0) is 18.9. The molecule has 2 fully saturated rings. The van der Waals surface area contributed by atoms with Crippen LogP contribution < -0.4 is 5.32 Å². The van der Waals surface area contributed by atoms with Crippen molar-refractivity contribution < 1.29 is 14.3 Å². The molecule has 7 heteroatoms. The Balaban J connectivity index is 1.46. The second kappa shape index (κ2) is 6.98. The topological polar surface area (TPSA) is 84.4 Å². The molecule has 1 spiro atoms. The molecule has 2 heterocycles. The van der Waals surface area contributed by atoms with E-state index >= 15 is 0 Å². The summed E-state index contributed by atoms with van der Waals surface area (Å²) in [6.07, 6.45) is 3.53. The lowest BCUT2D eigenvalue weighted by molar-refractivity contribution is 0.0592. The number of carbonyl (C=O) groups excluding carboxylic acids is 2. The molecule has 0 radical (unpaired) electrons. The number of esters is 1. The first-order chi connectivity index (χ1) is 13.1. The summed E-state index contributed by atoms with van der Waals surface area (Å²) < 4.78 is 4.60. The van der Waals surface area contributed by atoms with Crippen LogP contribution in [0.5, 0.6) is 0 Å². The number of nitrogens with one attached hydrogen (secondary N) is 1. The first-order valence-corrected chi connectivity index (χ1v) is 9.14. The molecule has 1 aliphatic heterocycles. The van der Waals surface area contributed by atoms with Crippen LogP contribution in [-0.2, 0) is 4.74 Å². The van der Waals surface area contributed by atoms with Gasteiger partial charge in [-0.3, -0.25) is 5.32 Å². The maximum absolute atomic E-state index is 12.7. The van der Waals surface area contributed by atoms with Crippen LogP contribution in [-0.4, -0.2) is 47.3 Å². The van der Waals surface area contributed by atoms with Crippen LogP contribution in [0.1, 0.15) is 41.2 Å². The van der Waals surface area contributed by atoms with E-state index in [0.717, 1.165) is 19.4 Å². The van der Waals surface area contributed by atoms with Gasteiger partial charge < -0.3 is 9.64 Å². The van der Waals surface area contributed by atoms with E-state index in [0.29, 0.717) is 18.3 Å². The highest BCUT2D eigenvalue weighted by Gasteiger charge is 2.51. The number of anilines is 1. The summed E-state index contributed by atoms with van der Waals surface area (Å²) in [6, 6.07) is 13.3. The van der Waals surface area contributed by atoms with Gasteiger partial charge in [-0.25, -0.2) is 9.59 Å². The zero-order valence-corrected chi connectivity index (χ0v) is 15.2. The van der Waals surface area contributed by atoms with E-state index in [1.165, 1.54) is 25.2 Å². The quantitative estimate of drug-likeness (QED) is 0.844. The Labute approximate surface area is 157 Å². The van der Waals surface area contributed by atoms with E-state index in [4.69, 9.17) is 0 Å². The lowest BCUT2D eigenvalue weighted by Gasteiger charge is -2.43. The lowest BCUT2D eigenvalue weighted by Crippen LogP contribution is -2.39. The lowest BCUT2D eigenvalue weighted by atomic mass is 9.61. The molecule has 7 nitrogen and oxygen atoms in total. The van der Waals surface area contributed by atoms with Crippen molar-refractivity contribution in [3.05, 3.63) is 53.7 Å². The average molecular weight is 366 g/mol. The van der Waals surface area contributed by atoms with Crippen LogP contribution in [0, 0.1) is 5.41 Å². The Morgan fingerprint density at radius 1 is 1.15 bits per heavy atom. The van der Waals surface area contributed by atoms with Crippen molar-refractivity contribution in [2.45, 2.75) is 25.2 Å². The molecule has 27 heavy (non-hydrogen) atoms. The number of urea groups is 1. The summed E-state index contributed by atoms with van der Waals surface area (Å²) >= 11 is 0. The first-order valence-electron chi connectivity index (χ1n) is 9.14. The molecular weight excluding hydrogens is 344 g/mol. The smallest absolute Gasteiger partial charge is 0.358 e. The predicted molar refractivity (Wildman–Crippen MR) is 99.4 cm³/mol. The van der Waals surface area contributed by atoms with Crippen molar-refractivity contribution in [1.82, 2.24) is 15.1 Å². The molecule has 0 bridgehead atoms. The molecule has 4 rings (SSSR count). The van der Waals surface area contributed by atoms with Crippen molar-refractivity contribution >= 4 is 17.8 Å². The Bertz CT molecular complexity index is 834. The van der Waals surface area contributed by atoms with E-state index in [-0.39, 0.29) is 17.1 Å². The van der Waals surface area contributed by atoms with E-state index in [1.807, 2.05) is 11.0 Å². The maximum atomic E-state index is 12.7. The molecule has 1 unspecified atom stereocenters. The maximum Gasteiger partial charge on any atom is 0.358 e. The second-order valence-corrected chi connectivity index (χ2v) is 7.29. The summed E-state index contributed by atoms with van der Waals surface area (Å²) in [5, 5.41) is 10.5. The minimum absolute atomic E-state index is 0.106. The van der Waals surface area contributed by atoms with Gasteiger partial charge in [0.1, 0.15) is 0 Å². The van der Waals surface area contributed by atoms with E-state index in [2.05, 4.69) is 44.5 Å². The van der Waals surface area contributed by atoms with Gasteiger partial charge in [0, 0.05) is 19.0 Å². The van der Waals surface area contributed by atoms with Crippen LogP contribution in [0.3, 0.4) is 0 Å². The SMILES string of the molecule is COC(=O)c1ccc(NC(=O)N2CC(c3ccccc3)C3(CCC3)C2)nn1. The Hall–Kier alpha value is -2.96. The number of hydrogen-bond acceptors (Lipinski definition) is 5. The molecule has 1 saturated carbocycles. The average Bonchev–Trinajstić information content (AvgIpc) is 3.10. The van der Waals surface area contributed by atoms with Crippen molar-refractivity contribution in [2.75, 3.05) is 25.5 Å². The molecule has 1 aromatic carbocycles. The van der Waals surface area contributed by atoms with Gasteiger partial charge in [0.25, 0.3) is 0 Å². The van der Waals surface area contributed by atoms with Gasteiger partial charge in [0.15, 0.2) is 11.5 Å². The Morgan fingerprint density at radius 2 is 1.93 bits per heavy atom. The van der Waals surface area contributed by atoms with Crippen LogP contribution in [0.25, 0.3) is 0 Å². The summed E-state index contributed by atoms with van der Waals surface area (Å²) in [5.74, 6) is 0.127. The summed E-state index contributed by atoms with van der Waals surface area (Å²) in [7, 11) is 1.28. The number of hydrogen-bond donors (Lipinski definition) is 1. The second-order valence-electron chi connectivity index (χ2n) is 7.29. The fraction of sp³-hybridized carbons (Fsp3) is 0.400. The highest BCUT2D eigenvalue weighted by molar-refractivity contribution is 5.90. The zero-order valence-electron chi connectivity index (χ0n) is 15.2. The van der Waals surface area contributed by atoms with Crippen molar-refractivity contribution in [1.29, 1.82) is 0 Å². The number of nitrogens with zero attached hydrogens (tertiary/aromatic N) is 3. The third kappa shape index (κ3) is 3.25. The third-order valence-electron chi connectivity index (χ3n) is 5.78. The molecule has 2 aromatic rings. The number of aromatic nitrogens is 2. The summed E-state index contributed by atoms with van der Waals surface area (Å²) in [5.41, 5.74) is 1.60. The highest BCUT2D eigenvalue weighted by atomic mass is 16.5. The van der Waals surface area contributed by atoms with Gasteiger partial charge >= 0.3 is 12.0 Å². The van der Waals surface area contributed by atoms with Crippen LogP contribution in [0.2, 0.25) is 0 Å². The minimum atomic E-state index is -0.558. The van der Waals surface area contributed by atoms with E-state index in [1.54, 1.807) is 6.07 Å². The molecule has 140 valence electrons. The molecule has 1 aliphatic carbocycles. The van der Waals surface area contributed by atoms with E-state index < -0.39 is 5.97 Å². The fourth-order valence-corrected chi connectivity index (χ4v) is 4.21. The number of methoxy groups -OCH3 is 1. The monoisotopic (exact) mass is 366 g/mol. The van der Waals surface area contributed by atoms with Crippen LogP contribution in [0.4, 0.5) is 10.6 Å². The van der Waals surface area contributed by atoms with Crippen molar-refractivity contribution in [3.63, 3.8) is 0 Å². The molecule has 1 aromatic heterocycles. The number of benzene rings is 1. The Kier molecular flexibility index (Phi) is 4.51. The minimum Gasteiger partial charge on any atom is -0.464 e. The number of amides is 2. The molecule has 1 saturated heterocycles. The fourth-order valence-electron chi connectivity index (χ4n) is 4.21. The number of ether oxygens (including phenoxy) is 1. The van der Waals surface area contributed by atoms with Crippen LogP contribution >= 0.6 is 0 Å². The van der Waals surface area contributed by atoms with Crippen molar-refractivity contribution in [3.8, 4) is 0 Å². The van der Waals surface area contributed by atoms with Crippen LogP contribution in [0.15, 0.2) is 42.5 Å². The molecule has 2 amide bonds. The molecule has 1 atom stereocenters. The summed E-state index contributed by atoms with van der Waals surface area (Å²) in [4.78, 5) is 26.0. The van der Waals surface area contributed by atoms with Gasteiger partial charge in [-0.1, -0.05) is 36.8 Å². The third-order valence-corrected chi connectivity index (χ3v) is 5.78. The van der Waals surface area contributed by atoms with E-state index in [9.17, 15) is 9.59 Å². The largest absolute Gasteiger partial charge is 0.464 e. The van der Waals surface area contributed by atoms with Crippen molar-refractivity contribution in [2.24, 2.45) is 5.41 Å². The molecular formula is C20H22N4O3. The number of likely N-dealkylation sites (tertiary alicyclic amines) is 1. The first kappa shape index (κ1) is 17.5. The Morgan fingerprint density at radius 3 is 2.52 bits per heavy atom. The van der Waals surface area contributed by atoms with Gasteiger partial charge in [-0.2, -0.15) is 0 Å². The standard InChI is InChI=1S/C20H22N4O3/c1-27-18(25)16-8-9-17(23-22-16)21-19(26)24-12-15(14-6-3-2-4-7-14)20(13-24)10-5-11-20/h2-4,6-9,15H,5,10-13H2,1H3,(H,21,23,26). The van der Waals surface area contributed by atoms with Gasteiger partial charge in [0.05, 0.1) is 7.11 Å². The predicted octanol–water partition coefficient (Wildman–Crippen LogP) is 3.06. The van der Waals surface area contributed by atoms with Gasteiger partial charge in [-0.05, 0) is 36.0 Å². The number of rotatable bonds is 3.